The fourth-order valence-corrected chi connectivity index (χ4v) is 4.92. The Bertz CT molecular complexity index is 1130. The molecule has 9 heteroatoms. The van der Waals surface area contributed by atoms with Gasteiger partial charge in [-0.25, -0.2) is 4.39 Å². The van der Waals surface area contributed by atoms with Crippen LogP contribution < -0.4 is 5.32 Å². The van der Waals surface area contributed by atoms with Gasteiger partial charge in [-0.15, -0.1) is 0 Å². The van der Waals surface area contributed by atoms with Gasteiger partial charge in [0.1, 0.15) is 11.7 Å². The summed E-state index contributed by atoms with van der Waals surface area (Å²) in [7, 11) is 0. The van der Waals surface area contributed by atoms with Crippen molar-refractivity contribution in [3.05, 3.63) is 93.0 Å². The monoisotopic (exact) mass is 461 g/mol. The molecule has 8 nitrogen and oxygen atoms in total. The summed E-state index contributed by atoms with van der Waals surface area (Å²) in [5, 5.41) is 36.3. The van der Waals surface area contributed by atoms with Crippen LogP contribution in [-0.4, -0.2) is 49.2 Å². The number of hydrogen-bond donors (Lipinski definition) is 1. The fourth-order valence-electron chi connectivity index (χ4n) is 4.92. The van der Waals surface area contributed by atoms with Crippen LogP contribution in [0.1, 0.15) is 23.0 Å². The Kier molecular flexibility index (Phi) is 6.87. The highest BCUT2D eigenvalue weighted by molar-refractivity contribution is 5.53. The highest BCUT2D eigenvalue weighted by Crippen LogP contribution is 2.59. The minimum Gasteiger partial charge on any atom is -0.381 e. The molecule has 2 aromatic carbocycles. The molecule has 1 aliphatic carbocycles. The first kappa shape index (κ1) is 23.4. The fraction of sp³-hybridized carbons (Fsp3) is 0.360. The molecule has 1 heterocycles. The maximum atomic E-state index is 13.7. The molecular formula is C25H24FN5O3. The van der Waals surface area contributed by atoms with E-state index in [1.54, 1.807) is 30.3 Å². The zero-order valence-electron chi connectivity index (χ0n) is 18.5. The van der Waals surface area contributed by atoms with Gasteiger partial charge in [0.15, 0.2) is 5.41 Å². The summed E-state index contributed by atoms with van der Waals surface area (Å²) in [6.45, 7) is 3.79. The molecule has 4 rings (SSSR count). The Morgan fingerprint density at radius 2 is 1.68 bits per heavy atom. The molecule has 2 atom stereocenters. The van der Waals surface area contributed by atoms with E-state index >= 15 is 0 Å². The summed E-state index contributed by atoms with van der Waals surface area (Å²) in [6, 6.07) is 18.3. The summed E-state index contributed by atoms with van der Waals surface area (Å²) >= 11 is 0. The summed E-state index contributed by atoms with van der Waals surface area (Å²) < 4.78 is 19.1. The number of morpholine rings is 1. The Hall–Kier alpha value is -3.79. The van der Waals surface area contributed by atoms with Crippen molar-refractivity contribution >= 4 is 0 Å². The predicted octanol–water partition coefficient (Wildman–Crippen LogP) is 3.15. The minimum absolute atomic E-state index is 0.203. The quantitative estimate of drug-likeness (QED) is 0.497. The lowest BCUT2D eigenvalue weighted by Gasteiger charge is -2.29. The number of halogens is 1. The van der Waals surface area contributed by atoms with Crippen molar-refractivity contribution in [2.24, 2.45) is 5.41 Å². The van der Waals surface area contributed by atoms with E-state index in [1.165, 1.54) is 24.3 Å². The lowest BCUT2D eigenvalue weighted by molar-refractivity contribution is -0.431. The van der Waals surface area contributed by atoms with Crippen molar-refractivity contribution in [2.75, 3.05) is 39.4 Å². The Balaban J connectivity index is 1.82. The van der Waals surface area contributed by atoms with Crippen LogP contribution in [0.5, 0.6) is 0 Å². The summed E-state index contributed by atoms with van der Waals surface area (Å²) in [5.41, 5.74) is -0.791. The van der Waals surface area contributed by atoms with E-state index < -0.39 is 28.0 Å². The van der Waals surface area contributed by atoms with Crippen molar-refractivity contribution in [3.63, 3.8) is 0 Å². The number of benzene rings is 2. The first-order valence-electron chi connectivity index (χ1n) is 11.1. The van der Waals surface area contributed by atoms with E-state index in [2.05, 4.69) is 22.4 Å². The van der Waals surface area contributed by atoms with Crippen molar-refractivity contribution < 1.29 is 14.1 Å². The normalized spacial score (nSPS) is 22.1. The summed E-state index contributed by atoms with van der Waals surface area (Å²) in [6.07, 6.45) is 0. The third-order valence-electron chi connectivity index (χ3n) is 6.50. The second kappa shape index (κ2) is 10.0. The average molecular weight is 461 g/mol. The molecule has 2 aromatic rings. The number of nitrogens with one attached hydrogen (secondary N) is 1. The smallest absolute Gasteiger partial charge is 0.275 e. The summed E-state index contributed by atoms with van der Waals surface area (Å²) in [5.74, 6) is -2.50. The first-order chi connectivity index (χ1) is 16.5. The molecule has 1 aliphatic heterocycles. The lowest BCUT2D eigenvalue weighted by atomic mass is 9.67. The predicted molar refractivity (Wildman–Crippen MR) is 121 cm³/mol. The third kappa shape index (κ3) is 4.24. The summed E-state index contributed by atoms with van der Waals surface area (Å²) in [4.78, 5) is 14.1. The molecular weight excluding hydrogens is 437 g/mol. The molecule has 0 spiro atoms. The maximum absolute atomic E-state index is 13.7. The SMILES string of the molecule is N#CC1(C#N)[C@@H](c2ccc(F)cc2)C(NCCN2CCOCC2)=C([N+](=O)[O-])[C@@H]1c1ccccc1. The second-order valence-corrected chi connectivity index (χ2v) is 8.36. The van der Waals surface area contributed by atoms with Gasteiger partial charge in [0.2, 0.25) is 0 Å². The maximum Gasteiger partial charge on any atom is 0.275 e. The van der Waals surface area contributed by atoms with Gasteiger partial charge in [-0.2, -0.15) is 10.5 Å². The topological polar surface area (TPSA) is 115 Å². The highest BCUT2D eigenvalue weighted by atomic mass is 19.1. The molecule has 1 fully saturated rings. The van der Waals surface area contributed by atoms with Gasteiger partial charge in [0, 0.05) is 26.2 Å². The van der Waals surface area contributed by atoms with Crippen LogP contribution in [0.2, 0.25) is 0 Å². The van der Waals surface area contributed by atoms with Crippen LogP contribution >= 0.6 is 0 Å². The molecule has 0 bridgehead atoms. The van der Waals surface area contributed by atoms with E-state index in [0.29, 0.717) is 37.4 Å². The van der Waals surface area contributed by atoms with Crippen LogP contribution in [0, 0.1) is 44.0 Å². The molecule has 0 unspecified atom stereocenters. The molecule has 1 N–H and O–H groups in total. The molecule has 0 aromatic heterocycles. The van der Waals surface area contributed by atoms with E-state index in [9.17, 15) is 25.0 Å². The van der Waals surface area contributed by atoms with E-state index in [0.717, 1.165) is 13.1 Å². The van der Waals surface area contributed by atoms with Crippen LogP contribution in [0.3, 0.4) is 0 Å². The first-order valence-corrected chi connectivity index (χ1v) is 11.1. The Morgan fingerprint density at radius 3 is 2.26 bits per heavy atom. The molecule has 1 saturated heterocycles. The lowest BCUT2D eigenvalue weighted by Crippen LogP contribution is -2.40. The number of ether oxygens (including phenoxy) is 1. The largest absolute Gasteiger partial charge is 0.381 e. The van der Waals surface area contributed by atoms with Gasteiger partial charge >= 0.3 is 0 Å². The molecule has 0 radical (unpaired) electrons. The van der Waals surface area contributed by atoms with E-state index in [1.807, 2.05) is 0 Å². The van der Waals surface area contributed by atoms with Gasteiger partial charge < -0.3 is 10.1 Å². The zero-order valence-corrected chi connectivity index (χ0v) is 18.5. The third-order valence-corrected chi connectivity index (χ3v) is 6.50. The standard InChI is InChI=1S/C25H24FN5O3/c26-20-8-6-19(7-9-20)21-23(29-10-11-30-12-14-34-15-13-30)24(31(32)33)22(25(21,16-27)17-28)18-4-2-1-3-5-18/h1-9,21-22,29H,10-15H2/t21-,22-/m0/s1. The number of nitrogens with zero attached hydrogens (tertiary/aromatic N) is 4. The highest BCUT2D eigenvalue weighted by Gasteiger charge is 2.62. The zero-order chi connectivity index (χ0) is 24.1. The van der Waals surface area contributed by atoms with Gasteiger partial charge in [0.05, 0.1) is 41.9 Å². The number of rotatable bonds is 7. The minimum atomic E-state index is -1.79. The van der Waals surface area contributed by atoms with E-state index in [4.69, 9.17) is 4.74 Å². The van der Waals surface area contributed by atoms with Crippen LogP contribution in [0.4, 0.5) is 4.39 Å². The molecule has 0 saturated carbocycles. The van der Waals surface area contributed by atoms with Gasteiger partial charge in [-0.1, -0.05) is 42.5 Å². The Labute approximate surface area is 197 Å². The number of hydrogen-bond acceptors (Lipinski definition) is 7. The molecule has 34 heavy (non-hydrogen) atoms. The van der Waals surface area contributed by atoms with Crippen molar-refractivity contribution in [1.82, 2.24) is 10.2 Å². The van der Waals surface area contributed by atoms with Crippen LogP contribution in [0.25, 0.3) is 0 Å². The molecule has 0 amide bonds. The number of nitriles is 2. The van der Waals surface area contributed by atoms with Gasteiger partial charge in [0.25, 0.3) is 5.70 Å². The number of allylic oxidation sites excluding steroid dienone is 2. The molecule has 174 valence electrons. The number of nitro groups is 1. The average Bonchev–Trinajstić information content (AvgIpc) is 3.16. The molecule has 2 aliphatic rings. The second-order valence-electron chi connectivity index (χ2n) is 8.36. The van der Waals surface area contributed by atoms with Crippen molar-refractivity contribution in [1.29, 1.82) is 10.5 Å². The van der Waals surface area contributed by atoms with Crippen LogP contribution in [0.15, 0.2) is 66.0 Å². The van der Waals surface area contributed by atoms with Crippen molar-refractivity contribution in [3.8, 4) is 12.1 Å². The van der Waals surface area contributed by atoms with Crippen molar-refractivity contribution in [2.45, 2.75) is 11.8 Å². The van der Waals surface area contributed by atoms with Gasteiger partial charge in [-0.05, 0) is 23.3 Å². The Morgan fingerprint density at radius 1 is 1.06 bits per heavy atom. The van der Waals surface area contributed by atoms with E-state index in [-0.39, 0.29) is 11.4 Å². The van der Waals surface area contributed by atoms with Crippen LogP contribution in [-0.2, 0) is 4.74 Å². The van der Waals surface area contributed by atoms with Gasteiger partial charge in [-0.3, -0.25) is 15.0 Å².